The van der Waals surface area contributed by atoms with Crippen LogP contribution in [-0.2, 0) is 19.1 Å². The van der Waals surface area contributed by atoms with Crippen molar-refractivity contribution in [1.29, 1.82) is 0 Å². The maximum Gasteiger partial charge on any atom is 0.407 e. The molecule has 9 nitrogen and oxygen atoms in total. The Morgan fingerprint density at radius 2 is 2.00 bits per heavy atom. The molecular formula is C25H32N2O7S. The summed E-state index contributed by atoms with van der Waals surface area (Å²) in [5.74, 6) is -2.04. The van der Waals surface area contributed by atoms with E-state index in [1.54, 1.807) is 13.0 Å². The highest BCUT2D eigenvalue weighted by molar-refractivity contribution is 7.09. The van der Waals surface area contributed by atoms with Gasteiger partial charge in [-0.3, -0.25) is 9.59 Å². The number of nitrogens with one attached hydrogen (secondary N) is 1. The predicted octanol–water partition coefficient (Wildman–Crippen LogP) is 2.69. The molecule has 35 heavy (non-hydrogen) atoms. The number of nitrogens with zero attached hydrogens (tertiary/aromatic N) is 1. The SMILES string of the molecule is C/C(=C\c1csc(C)n1)[C@@H]1C[C@@H]2OC(=O)NC2CCCC2C=C(C(=O)C(C)[C@H]2O)C(O)CC(=O)O1. The molecule has 4 unspecified atom stereocenters. The van der Waals surface area contributed by atoms with Gasteiger partial charge < -0.3 is 25.0 Å². The molecule has 1 amide bonds. The molecule has 1 aliphatic carbocycles. The minimum Gasteiger partial charge on any atom is -0.458 e. The topological polar surface area (TPSA) is 135 Å². The maximum atomic E-state index is 12.9. The third-order valence-corrected chi connectivity index (χ3v) is 7.86. The Morgan fingerprint density at radius 1 is 1.23 bits per heavy atom. The second-order valence-corrected chi connectivity index (χ2v) is 10.7. The first-order valence-electron chi connectivity index (χ1n) is 12.0. The number of amides is 1. The van der Waals surface area contributed by atoms with Crippen LogP contribution >= 0.6 is 11.3 Å². The molecular weight excluding hydrogens is 472 g/mol. The number of carbonyl (C=O) groups excluding carboxylic acids is 3. The fourth-order valence-electron chi connectivity index (χ4n) is 5.06. The van der Waals surface area contributed by atoms with Crippen LogP contribution in [0.15, 0.2) is 22.6 Å². The number of alkyl carbamates (subject to hydrolysis) is 1. The van der Waals surface area contributed by atoms with Gasteiger partial charge in [-0.1, -0.05) is 19.4 Å². The second kappa shape index (κ2) is 10.6. The normalized spacial score (nSPS) is 34.8. The van der Waals surface area contributed by atoms with Crippen molar-refractivity contribution in [3.8, 4) is 0 Å². The molecule has 0 spiro atoms. The van der Waals surface area contributed by atoms with E-state index < -0.39 is 48.8 Å². The van der Waals surface area contributed by atoms with Gasteiger partial charge in [-0.05, 0) is 38.3 Å². The number of esters is 1. The summed E-state index contributed by atoms with van der Waals surface area (Å²) in [5, 5.41) is 27.0. The van der Waals surface area contributed by atoms with Crippen molar-refractivity contribution in [2.45, 2.75) is 83.3 Å². The van der Waals surface area contributed by atoms with E-state index in [-0.39, 0.29) is 29.7 Å². The summed E-state index contributed by atoms with van der Waals surface area (Å²) in [5.41, 5.74) is 1.63. The van der Waals surface area contributed by atoms with Crippen LogP contribution in [0.5, 0.6) is 0 Å². The van der Waals surface area contributed by atoms with Crippen molar-refractivity contribution in [3.05, 3.63) is 33.3 Å². The number of cyclic esters (lactones) is 1. The first-order chi connectivity index (χ1) is 16.6. The Morgan fingerprint density at radius 3 is 2.71 bits per heavy atom. The van der Waals surface area contributed by atoms with E-state index in [4.69, 9.17) is 9.47 Å². The largest absolute Gasteiger partial charge is 0.458 e. The summed E-state index contributed by atoms with van der Waals surface area (Å²) in [7, 11) is 0. The fraction of sp³-hybridized carbons (Fsp3) is 0.600. The van der Waals surface area contributed by atoms with E-state index in [1.165, 1.54) is 11.3 Å². The highest BCUT2D eigenvalue weighted by atomic mass is 32.1. The van der Waals surface area contributed by atoms with Gasteiger partial charge in [-0.2, -0.15) is 0 Å². The van der Waals surface area contributed by atoms with Gasteiger partial charge in [0.2, 0.25) is 0 Å². The summed E-state index contributed by atoms with van der Waals surface area (Å²) in [6, 6.07) is -0.269. The van der Waals surface area contributed by atoms with Gasteiger partial charge in [0.1, 0.15) is 12.2 Å². The summed E-state index contributed by atoms with van der Waals surface area (Å²) in [4.78, 5) is 42.1. The number of fused-ring (bicyclic) bond motifs is 2. The van der Waals surface area contributed by atoms with Crippen LogP contribution in [0, 0.1) is 18.8 Å². The summed E-state index contributed by atoms with van der Waals surface area (Å²) >= 11 is 1.51. The number of ketones is 1. The van der Waals surface area contributed by atoms with E-state index in [0.29, 0.717) is 19.3 Å². The summed E-state index contributed by atoms with van der Waals surface area (Å²) in [6.45, 7) is 5.36. The number of aromatic nitrogens is 1. The van der Waals surface area contributed by atoms with E-state index >= 15 is 0 Å². The minimum absolute atomic E-state index is 0.152. The highest BCUT2D eigenvalue weighted by Gasteiger charge is 2.40. The molecule has 1 aromatic heterocycles. The first-order valence-corrected chi connectivity index (χ1v) is 12.9. The van der Waals surface area contributed by atoms with Crippen LogP contribution < -0.4 is 5.32 Å². The van der Waals surface area contributed by atoms with E-state index in [9.17, 15) is 24.6 Å². The van der Waals surface area contributed by atoms with Crippen molar-refractivity contribution in [1.82, 2.24) is 10.3 Å². The Kier molecular flexibility index (Phi) is 7.73. The molecule has 0 radical (unpaired) electrons. The number of carbonyl (C=O) groups is 3. The lowest BCUT2D eigenvalue weighted by molar-refractivity contribution is -0.150. The molecule has 1 aromatic rings. The Hall–Kier alpha value is -2.56. The zero-order valence-electron chi connectivity index (χ0n) is 20.1. The average molecular weight is 505 g/mol. The van der Waals surface area contributed by atoms with Crippen LogP contribution in [0.1, 0.15) is 56.7 Å². The van der Waals surface area contributed by atoms with Crippen LogP contribution in [0.2, 0.25) is 0 Å². The summed E-state index contributed by atoms with van der Waals surface area (Å²) in [6.07, 6.45) is 1.24. The molecule has 190 valence electrons. The van der Waals surface area contributed by atoms with Crippen LogP contribution in [0.4, 0.5) is 4.79 Å². The maximum absolute atomic E-state index is 12.9. The number of ether oxygens (including phenoxy) is 2. The van der Waals surface area contributed by atoms with E-state index in [1.807, 2.05) is 25.3 Å². The third-order valence-electron chi connectivity index (χ3n) is 7.06. The Bertz CT molecular complexity index is 1050. The van der Waals surface area contributed by atoms with Crippen molar-refractivity contribution in [2.75, 3.05) is 0 Å². The van der Waals surface area contributed by atoms with Crippen molar-refractivity contribution >= 4 is 35.3 Å². The van der Waals surface area contributed by atoms with Gasteiger partial charge in [-0.25, -0.2) is 9.78 Å². The van der Waals surface area contributed by atoms with Crippen molar-refractivity contribution in [3.63, 3.8) is 0 Å². The van der Waals surface area contributed by atoms with E-state index in [2.05, 4.69) is 10.3 Å². The Labute approximate surface area is 208 Å². The lowest BCUT2D eigenvalue weighted by Gasteiger charge is -2.33. The van der Waals surface area contributed by atoms with Crippen molar-refractivity contribution in [2.24, 2.45) is 11.8 Å². The number of Topliss-reactive ketones (excluding diaryl/α,β-unsaturated/α-hetero) is 1. The third kappa shape index (κ3) is 5.82. The fourth-order valence-corrected chi connectivity index (χ4v) is 5.63. The number of rotatable bonds is 2. The van der Waals surface area contributed by atoms with Gasteiger partial charge in [-0.15, -0.1) is 11.3 Å². The standard InChI is InChI=1S/C25H32N2O7S/c1-12(7-16-11-35-14(3)26-16)20-10-21-18(27-25(32)34-21)6-4-5-15-8-17(19(28)9-22(29)33-20)24(31)13(2)23(15)30/h7-8,11,13,15,18-21,23,28,30H,4-6,9-10H2,1-3H3,(H,27,32)/b12-7+/t13?,15?,18?,19?,20-,21-,23+/m0/s1. The lowest BCUT2D eigenvalue weighted by Crippen LogP contribution is -2.41. The molecule has 1 saturated heterocycles. The Balaban J connectivity index is 1.63. The number of aliphatic hydroxyl groups is 2. The molecule has 3 aliphatic rings. The predicted molar refractivity (Wildman–Crippen MR) is 128 cm³/mol. The smallest absolute Gasteiger partial charge is 0.407 e. The van der Waals surface area contributed by atoms with Gasteiger partial charge in [0, 0.05) is 29.2 Å². The molecule has 7 atom stereocenters. The molecule has 3 heterocycles. The van der Waals surface area contributed by atoms with Crippen molar-refractivity contribution < 1.29 is 34.1 Å². The molecule has 10 heteroatoms. The molecule has 0 saturated carbocycles. The first kappa shape index (κ1) is 25.5. The molecule has 4 rings (SSSR count). The lowest BCUT2D eigenvalue weighted by atomic mass is 9.75. The molecule has 1 fully saturated rings. The van der Waals surface area contributed by atoms with Crippen LogP contribution in [0.25, 0.3) is 6.08 Å². The molecule has 2 bridgehead atoms. The zero-order valence-corrected chi connectivity index (χ0v) is 20.9. The number of aryl methyl sites for hydroxylation is 1. The number of thiazole rings is 1. The second-order valence-electron chi connectivity index (χ2n) is 9.67. The van der Waals surface area contributed by atoms with Gasteiger partial charge in [0.15, 0.2) is 5.78 Å². The summed E-state index contributed by atoms with van der Waals surface area (Å²) < 4.78 is 11.3. The van der Waals surface area contributed by atoms with E-state index in [0.717, 1.165) is 16.3 Å². The number of aliphatic hydroxyl groups excluding tert-OH is 2. The molecule has 2 aliphatic heterocycles. The molecule has 3 N–H and O–H groups in total. The van der Waals surface area contributed by atoms with Gasteiger partial charge in [0.25, 0.3) is 0 Å². The highest BCUT2D eigenvalue weighted by Crippen LogP contribution is 2.33. The van der Waals surface area contributed by atoms with Gasteiger partial charge >= 0.3 is 12.1 Å². The molecule has 0 aromatic carbocycles. The average Bonchev–Trinajstić information content (AvgIpc) is 3.36. The van der Waals surface area contributed by atoms with Crippen LogP contribution in [0.3, 0.4) is 0 Å². The minimum atomic E-state index is -1.32. The quantitative estimate of drug-likeness (QED) is 0.523. The zero-order chi connectivity index (χ0) is 25.3. The van der Waals surface area contributed by atoms with Gasteiger partial charge in [0.05, 0.1) is 35.4 Å². The monoisotopic (exact) mass is 504 g/mol. The number of hydrogen-bond donors (Lipinski definition) is 3. The number of hydrogen-bond acceptors (Lipinski definition) is 9. The van der Waals surface area contributed by atoms with Crippen LogP contribution in [-0.4, -0.2) is 63.5 Å².